The summed E-state index contributed by atoms with van der Waals surface area (Å²) in [4.78, 5) is 38.3. The first-order valence-corrected chi connectivity index (χ1v) is 33.8. The van der Waals surface area contributed by atoms with Crippen LogP contribution in [0.15, 0.2) is 24.3 Å². The monoisotopic (exact) mass is 1050 g/mol. The summed E-state index contributed by atoms with van der Waals surface area (Å²) >= 11 is 0. The fourth-order valence-electron chi connectivity index (χ4n) is 10.4. The molecule has 0 N–H and O–H groups in total. The molecule has 75 heavy (non-hydrogen) atoms. The highest BCUT2D eigenvalue weighted by atomic mass is 16.6. The molecule has 0 aliphatic rings. The molecule has 0 aromatic rings. The molecular formula is C69H130O6. The molecule has 0 aliphatic carbocycles. The highest BCUT2D eigenvalue weighted by molar-refractivity contribution is 5.71. The molecule has 6 heteroatoms. The molecule has 0 bridgehead atoms. The van der Waals surface area contributed by atoms with Gasteiger partial charge in [0.2, 0.25) is 0 Å². The third-order valence-electron chi connectivity index (χ3n) is 15.5. The first kappa shape index (κ1) is 72.9. The Balaban J connectivity index is 4.16. The number of unbranched alkanes of at least 4 members (excludes halogenated alkanes) is 48. The van der Waals surface area contributed by atoms with Gasteiger partial charge in [-0.05, 0) is 51.4 Å². The van der Waals surface area contributed by atoms with E-state index in [0.29, 0.717) is 19.3 Å². The summed E-state index contributed by atoms with van der Waals surface area (Å²) in [7, 11) is 0. The number of carbonyl (C=O) groups excluding carboxylic acids is 3. The smallest absolute Gasteiger partial charge is 0.306 e. The molecule has 0 saturated carbocycles. The molecule has 0 rings (SSSR count). The second-order valence-corrected chi connectivity index (χ2v) is 23.1. The molecule has 6 nitrogen and oxygen atoms in total. The molecular weight excluding hydrogens is 925 g/mol. The zero-order valence-electron chi connectivity index (χ0n) is 50.8. The van der Waals surface area contributed by atoms with Crippen molar-refractivity contribution in [3.63, 3.8) is 0 Å². The lowest BCUT2D eigenvalue weighted by Crippen LogP contribution is -2.30. The predicted molar refractivity (Wildman–Crippen MR) is 326 cm³/mol. The van der Waals surface area contributed by atoms with Crippen LogP contribution in [0.25, 0.3) is 0 Å². The number of hydrogen-bond donors (Lipinski definition) is 0. The van der Waals surface area contributed by atoms with Crippen LogP contribution in [0.3, 0.4) is 0 Å². The van der Waals surface area contributed by atoms with Crippen LogP contribution in [0.1, 0.15) is 380 Å². The average Bonchev–Trinajstić information content (AvgIpc) is 3.41. The molecule has 0 heterocycles. The fraction of sp³-hybridized carbons (Fsp3) is 0.899. The van der Waals surface area contributed by atoms with Gasteiger partial charge in [-0.1, -0.05) is 334 Å². The van der Waals surface area contributed by atoms with Gasteiger partial charge < -0.3 is 14.2 Å². The maximum absolute atomic E-state index is 12.9. The number of esters is 3. The minimum atomic E-state index is -0.766. The Morgan fingerprint density at radius 1 is 0.267 bits per heavy atom. The molecule has 0 aliphatic heterocycles. The van der Waals surface area contributed by atoms with E-state index in [4.69, 9.17) is 14.2 Å². The quantitative estimate of drug-likeness (QED) is 0.0261. The third kappa shape index (κ3) is 62.6. The number of rotatable bonds is 63. The van der Waals surface area contributed by atoms with E-state index in [1.165, 1.54) is 276 Å². The Morgan fingerprint density at radius 3 is 0.733 bits per heavy atom. The zero-order chi connectivity index (χ0) is 54.3. The lowest BCUT2D eigenvalue weighted by Gasteiger charge is -2.18. The second-order valence-electron chi connectivity index (χ2n) is 23.1. The number of carbonyl (C=O) groups is 3. The normalized spacial score (nSPS) is 12.1. The minimum absolute atomic E-state index is 0.0649. The number of hydrogen-bond acceptors (Lipinski definition) is 6. The standard InChI is InChI=1S/C69H130O6/c1-4-7-10-13-16-19-22-24-26-28-30-32-34-35-36-38-39-41-43-45-47-50-53-56-59-62-68(71)74-65-66(64-73-67(70)61-58-55-52-49-21-18-15-12-9-6-3)75-69(72)63-60-57-54-51-48-46-44-42-40-37-33-31-29-27-25-23-20-17-14-11-8-5-2/h22,24,28,30,66H,4-21,23,25-27,29,31-65H2,1-3H3/b24-22-,30-28-. The first-order chi connectivity index (χ1) is 37.0. The molecule has 442 valence electrons. The van der Waals surface area contributed by atoms with E-state index < -0.39 is 6.10 Å². The van der Waals surface area contributed by atoms with Crippen molar-refractivity contribution in [3.8, 4) is 0 Å². The predicted octanol–water partition coefficient (Wildman–Crippen LogP) is 23.0. The molecule has 0 aromatic heterocycles. The van der Waals surface area contributed by atoms with Crippen LogP contribution in [0, 0.1) is 0 Å². The highest BCUT2D eigenvalue weighted by Gasteiger charge is 2.19. The molecule has 0 aromatic carbocycles. The molecule has 0 fully saturated rings. The van der Waals surface area contributed by atoms with Gasteiger partial charge in [-0.3, -0.25) is 14.4 Å². The van der Waals surface area contributed by atoms with Crippen LogP contribution in [0.2, 0.25) is 0 Å². The molecule has 0 spiro atoms. The summed E-state index contributed by atoms with van der Waals surface area (Å²) < 4.78 is 16.9. The molecule has 1 unspecified atom stereocenters. The van der Waals surface area contributed by atoms with E-state index >= 15 is 0 Å². The van der Waals surface area contributed by atoms with Gasteiger partial charge in [-0.15, -0.1) is 0 Å². The van der Waals surface area contributed by atoms with E-state index in [9.17, 15) is 14.4 Å². The zero-order valence-corrected chi connectivity index (χ0v) is 50.8. The van der Waals surface area contributed by atoms with Crippen molar-refractivity contribution in [3.05, 3.63) is 24.3 Å². The summed E-state index contributed by atoms with van der Waals surface area (Å²) in [5.41, 5.74) is 0. The van der Waals surface area contributed by atoms with Crippen molar-refractivity contribution in [2.75, 3.05) is 13.2 Å². The van der Waals surface area contributed by atoms with Gasteiger partial charge in [0.05, 0.1) is 0 Å². The maximum atomic E-state index is 12.9. The van der Waals surface area contributed by atoms with Crippen molar-refractivity contribution < 1.29 is 28.6 Å². The summed E-state index contributed by atoms with van der Waals surface area (Å²) in [6.07, 6.45) is 77.8. The topological polar surface area (TPSA) is 78.9 Å². The van der Waals surface area contributed by atoms with Crippen LogP contribution in [-0.2, 0) is 28.6 Å². The largest absolute Gasteiger partial charge is 0.462 e. The molecule has 1 atom stereocenters. The van der Waals surface area contributed by atoms with Gasteiger partial charge >= 0.3 is 17.9 Å². The molecule has 0 radical (unpaired) electrons. The van der Waals surface area contributed by atoms with Crippen LogP contribution in [0.4, 0.5) is 0 Å². The van der Waals surface area contributed by atoms with E-state index in [0.717, 1.165) is 64.2 Å². The van der Waals surface area contributed by atoms with E-state index in [-0.39, 0.29) is 31.1 Å². The lowest BCUT2D eigenvalue weighted by molar-refractivity contribution is -0.167. The average molecular weight is 1060 g/mol. The Kier molecular flexibility index (Phi) is 62.6. The fourth-order valence-corrected chi connectivity index (χ4v) is 10.4. The van der Waals surface area contributed by atoms with E-state index in [2.05, 4.69) is 45.1 Å². The highest BCUT2D eigenvalue weighted by Crippen LogP contribution is 2.18. The summed E-state index contributed by atoms with van der Waals surface area (Å²) in [5.74, 6) is -0.838. The van der Waals surface area contributed by atoms with Crippen molar-refractivity contribution in [2.45, 2.75) is 386 Å². The Hall–Kier alpha value is -2.11. The summed E-state index contributed by atoms with van der Waals surface area (Å²) in [6.45, 7) is 6.69. The van der Waals surface area contributed by atoms with Gasteiger partial charge in [0.25, 0.3) is 0 Å². The number of ether oxygens (including phenoxy) is 3. The van der Waals surface area contributed by atoms with Crippen molar-refractivity contribution in [1.29, 1.82) is 0 Å². The van der Waals surface area contributed by atoms with Crippen LogP contribution in [-0.4, -0.2) is 37.2 Å². The van der Waals surface area contributed by atoms with E-state index in [1.807, 2.05) is 0 Å². The minimum Gasteiger partial charge on any atom is -0.462 e. The van der Waals surface area contributed by atoms with Crippen molar-refractivity contribution in [1.82, 2.24) is 0 Å². The Bertz CT molecular complexity index is 1210. The number of allylic oxidation sites excluding steroid dienone is 4. The van der Waals surface area contributed by atoms with Gasteiger partial charge in [0.1, 0.15) is 13.2 Å². The summed E-state index contributed by atoms with van der Waals surface area (Å²) in [6, 6.07) is 0. The maximum Gasteiger partial charge on any atom is 0.306 e. The van der Waals surface area contributed by atoms with Crippen LogP contribution < -0.4 is 0 Å². The van der Waals surface area contributed by atoms with Gasteiger partial charge in [0, 0.05) is 19.3 Å². The van der Waals surface area contributed by atoms with Gasteiger partial charge in [-0.2, -0.15) is 0 Å². The molecule has 0 saturated heterocycles. The Labute approximate surface area is 468 Å². The third-order valence-corrected chi connectivity index (χ3v) is 15.5. The van der Waals surface area contributed by atoms with Crippen molar-refractivity contribution >= 4 is 17.9 Å². The second kappa shape index (κ2) is 64.4. The Morgan fingerprint density at radius 2 is 0.480 bits per heavy atom. The lowest BCUT2D eigenvalue weighted by atomic mass is 10.0. The summed E-state index contributed by atoms with van der Waals surface area (Å²) in [5, 5.41) is 0. The molecule has 0 amide bonds. The van der Waals surface area contributed by atoms with Gasteiger partial charge in [0.15, 0.2) is 6.10 Å². The van der Waals surface area contributed by atoms with Crippen LogP contribution in [0.5, 0.6) is 0 Å². The van der Waals surface area contributed by atoms with Crippen LogP contribution >= 0.6 is 0 Å². The SMILES string of the molecule is CCCCCCC/C=C\C/C=C\CCCCCCCCCCCCCCCC(=O)OCC(COC(=O)CCCCCCCCCCCC)OC(=O)CCCCCCCCCCCCCCCCCCCCCCCC. The van der Waals surface area contributed by atoms with Gasteiger partial charge in [-0.25, -0.2) is 0 Å². The van der Waals surface area contributed by atoms with E-state index in [1.54, 1.807) is 0 Å². The van der Waals surface area contributed by atoms with Crippen molar-refractivity contribution in [2.24, 2.45) is 0 Å². The first-order valence-electron chi connectivity index (χ1n) is 33.8.